The molecule has 2 unspecified atom stereocenters. The normalized spacial score (nSPS) is 28.6. The molecule has 9 N–H and O–H groups in total. The Kier molecular flexibility index (Phi) is 12.7. The van der Waals surface area contributed by atoms with Gasteiger partial charge in [0, 0.05) is 53.7 Å². The number of phosphoric acid groups is 2. The predicted octanol–water partition coefficient (Wildman–Crippen LogP) is -0.706. The average Bonchev–Trinajstić information content (AvgIpc) is 3.88. The van der Waals surface area contributed by atoms with Crippen LogP contribution in [-0.4, -0.2) is 106 Å². The second-order valence-electron chi connectivity index (χ2n) is 14.9. The SMILES string of the molecule is Cc1cc([C@H]2C[C@H](OP(=O)(O)OC[C@H]3O[C@@H](n4cc(C)c(=O)[nH]c4=O)C[C@@H]3O)[C@@H](COP(=O)(O)O[C@H]3C[C@H](n4cc(C)c(=O)[nH]c4=O)O[C@@H]3CO)O2)c2[nH]c(=O)nc(N)c2c1. The highest BCUT2D eigenvalue weighted by Crippen LogP contribution is 2.52. The molecule has 0 saturated carbocycles. The highest BCUT2D eigenvalue weighted by molar-refractivity contribution is 7.47. The van der Waals surface area contributed by atoms with Crippen LogP contribution in [0.5, 0.6) is 0 Å². The second kappa shape index (κ2) is 17.4. The summed E-state index contributed by atoms with van der Waals surface area (Å²) in [4.78, 5) is 93.3. The third-order valence-corrected chi connectivity index (χ3v) is 12.4. The molecule has 0 bridgehead atoms. The lowest BCUT2D eigenvalue weighted by molar-refractivity contribution is -0.0562. The number of aromatic nitrogens is 6. The molecule has 332 valence electrons. The van der Waals surface area contributed by atoms with Crippen molar-refractivity contribution in [1.82, 2.24) is 29.1 Å². The molecular weight excluding hydrogens is 856 g/mol. The van der Waals surface area contributed by atoms with Gasteiger partial charge in [0.15, 0.2) is 0 Å². The van der Waals surface area contributed by atoms with E-state index in [4.69, 9.17) is 38.0 Å². The molecular formula is C34H43N7O18P2. The van der Waals surface area contributed by atoms with E-state index in [0.29, 0.717) is 16.5 Å². The zero-order chi connectivity index (χ0) is 44.1. The van der Waals surface area contributed by atoms with Crippen LogP contribution in [-0.2, 0) is 41.4 Å². The number of nitrogens with two attached hydrogens (primary N) is 1. The number of aliphatic hydroxyl groups excluding tert-OH is 2. The van der Waals surface area contributed by atoms with Gasteiger partial charge >= 0.3 is 32.7 Å². The van der Waals surface area contributed by atoms with Crippen LogP contribution >= 0.6 is 15.6 Å². The number of ether oxygens (including phenoxy) is 3. The van der Waals surface area contributed by atoms with Crippen LogP contribution in [0.15, 0.2) is 48.5 Å². The van der Waals surface area contributed by atoms with Gasteiger partial charge in [-0.15, -0.1) is 0 Å². The number of aliphatic hydroxyl groups is 2. The first-order valence-corrected chi connectivity index (χ1v) is 21.7. The molecule has 11 atom stereocenters. The largest absolute Gasteiger partial charge is 0.472 e. The summed E-state index contributed by atoms with van der Waals surface area (Å²) in [6.45, 7) is 2.43. The topological polar surface area (TPSA) is 361 Å². The number of nitrogens with one attached hydrogen (secondary N) is 3. The van der Waals surface area contributed by atoms with Crippen molar-refractivity contribution in [3.05, 3.63) is 98.9 Å². The van der Waals surface area contributed by atoms with Gasteiger partial charge in [-0.1, -0.05) is 6.07 Å². The molecule has 6 heterocycles. The van der Waals surface area contributed by atoms with Crippen LogP contribution < -0.4 is 33.9 Å². The van der Waals surface area contributed by atoms with E-state index < -0.39 is 119 Å². The van der Waals surface area contributed by atoms with Crippen LogP contribution in [0.2, 0.25) is 0 Å². The molecule has 3 saturated heterocycles. The molecule has 0 amide bonds. The molecule has 7 rings (SSSR count). The Labute approximate surface area is 342 Å². The number of aromatic amines is 3. The van der Waals surface area contributed by atoms with Crippen molar-refractivity contribution in [3.8, 4) is 0 Å². The van der Waals surface area contributed by atoms with Crippen LogP contribution in [0, 0.1) is 20.8 Å². The Morgan fingerprint density at radius 1 is 0.787 bits per heavy atom. The number of H-pyrrole nitrogens is 3. The van der Waals surface area contributed by atoms with E-state index in [1.807, 2.05) is 0 Å². The predicted molar refractivity (Wildman–Crippen MR) is 207 cm³/mol. The van der Waals surface area contributed by atoms with Crippen molar-refractivity contribution in [1.29, 1.82) is 0 Å². The smallest absolute Gasteiger partial charge is 0.394 e. The summed E-state index contributed by atoms with van der Waals surface area (Å²) >= 11 is 0. The van der Waals surface area contributed by atoms with Crippen molar-refractivity contribution < 1.29 is 61.4 Å². The van der Waals surface area contributed by atoms with Crippen molar-refractivity contribution in [2.45, 2.75) is 95.2 Å². The first kappa shape index (κ1) is 44.6. The monoisotopic (exact) mass is 899 g/mol. The van der Waals surface area contributed by atoms with Gasteiger partial charge in [0.1, 0.15) is 48.8 Å². The number of benzene rings is 1. The molecule has 3 aliphatic heterocycles. The quantitative estimate of drug-likeness (QED) is 0.0725. The minimum atomic E-state index is -5.10. The fourth-order valence-electron chi connectivity index (χ4n) is 7.41. The van der Waals surface area contributed by atoms with Gasteiger partial charge in [-0.3, -0.25) is 46.8 Å². The van der Waals surface area contributed by atoms with Gasteiger partial charge in [0.2, 0.25) is 0 Å². The van der Waals surface area contributed by atoms with Gasteiger partial charge in [-0.2, -0.15) is 4.98 Å². The zero-order valence-corrected chi connectivity index (χ0v) is 34.4. The van der Waals surface area contributed by atoms with Gasteiger partial charge in [-0.05, 0) is 32.4 Å². The summed E-state index contributed by atoms with van der Waals surface area (Å²) in [6.07, 6.45) is -9.20. The zero-order valence-electron chi connectivity index (χ0n) is 32.6. The summed E-state index contributed by atoms with van der Waals surface area (Å²) in [6, 6.07) is 3.32. The maximum absolute atomic E-state index is 13.5. The minimum Gasteiger partial charge on any atom is -0.394 e. The van der Waals surface area contributed by atoms with E-state index in [1.54, 1.807) is 19.1 Å². The highest BCUT2D eigenvalue weighted by atomic mass is 31.2. The van der Waals surface area contributed by atoms with Crippen molar-refractivity contribution in [3.63, 3.8) is 0 Å². The number of hydrogen-bond donors (Lipinski definition) is 8. The molecule has 3 fully saturated rings. The van der Waals surface area contributed by atoms with Crippen LogP contribution in [0.1, 0.15) is 60.1 Å². The maximum atomic E-state index is 13.5. The van der Waals surface area contributed by atoms with Gasteiger partial charge in [-0.25, -0.2) is 23.5 Å². The molecule has 61 heavy (non-hydrogen) atoms. The number of phosphoric ester groups is 2. The fraction of sp³-hybridized carbons (Fsp3) is 0.529. The molecule has 4 aromatic rings. The van der Waals surface area contributed by atoms with Crippen molar-refractivity contribution >= 4 is 32.4 Å². The summed E-state index contributed by atoms with van der Waals surface area (Å²) in [5.41, 5.74) is 4.02. The van der Waals surface area contributed by atoms with E-state index in [-0.39, 0.29) is 41.7 Å². The number of hydrogen-bond acceptors (Lipinski definition) is 18. The number of rotatable bonds is 14. The first-order valence-electron chi connectivity index (χ1n) is 18.7. The summed E-state index contributed by atoms with van der Waals surface area (Å²) < 4.78 is 68.0. The minimum absolute atomic E-state index is 0.0833. The van der Waals surface area contributed by atoms with Gasteiger partial charge in [0.05, 0.1) is 37.5 Å². The van der Waals surface area contributed by atoms with E-state index in [0.717, 1.165) is 9.13 Å². The van der Waals surface area contributed by atoms with Crippen LogP contribution in [0.3, 0.4) is 0 Å². The van der Waals surface area contributed by atoms with Crippen LogP contribution in [0.4, 0.5) is 5.82 Å². The molecule has 27 heteroatoms. The molecule has 0 spiro atoms. The maximum Gasteiger partial charge on any atom is 0.472 e. The van der Waals surface area contributed by atoms with E-state index in [1.165, 1.54) is 26.2 Å². The lowest BCUT2D eigenvalue weighted by Crippen LogP contribution is -2.33. The molecule has 3 aromatic heterocycles. The highest BCUT2D eigenvalue weighted by Gasteiger charge is 2.46. The molecule has 0 aliphatic carbocycles. The number of aryl methyl sites for hydroxylation is 3. The van der Waals surface area contributed by atoms with Crippen LogP contribution in [0.25, 0.3) is 10.9 Å². The first-order chi connectivity index (χ1) is 28.7. The van der Waals surface area contributed by atoms with E-state index in [9.17, 15) is 53.1 Å². The molecule has 3 aliphatic rings. The third-order valence-electron chi connectivity index (χ3n) is 10.4. The van der Waals surface area contributed by atoms with E-state index in [2.05, 4.69) is 19.9 Å². The third kappa shape index (κ3) is 9.79. The lowest BCUT2D eigenvalue weighted by Gasteiger charge is -2.24. The van der Waals surface area contributed by atoms with Crippen molar-refractivity contribution in [2.75, 3.05) is 25.6 Å². The van der Waals surface area contributed by atoms with Gasteiger partial charge < -0.3 is 44.9 Å². The fourth-order valence-corrected chi connectivity index (χ4v) is 9.33. The number of fused-ring (bicyclic) bond motifs is 1. The lowest BCUT2D eigenvalue weighted by atomic mass is 9.99. The van der Waals surface area contributed by atoms with Gasteiger partial charge in [0.25, 0.3) is 11.1 Å². The standard InChI is InChI=1S/C34H43N7O18P2/c1-14-4-17(28-18(5-14)29(35)37-32(46)36-28)20-7-21(58-60(49,50)53-12-24-19(43)6-26(57-24)40-9-15(2)30(44)38-33(40)47)25(55-20)13-54-61(51,52)59-22-8-27(56-23(22)11-42)41-10-16(3)31(45)39-34(41)48/h4-5,9-10,19-27,42-43H,6-8,11-13H2,1-3H3,(H,49,50)(H,51,52)(H,38,44,47)(H,39,45,48)(H3,35,36,37,46)/t19-,20+,21-,22-,23+,24+,25+,26+,27+/m0/s1. The average molecular weight is 900 g/mol. The number of anilines is 1. The molecule has 1 aromatic carbocycles. The van der Waals surface area contributed by atoms with Crippen molar-refractivity contribution in [2.24, 2.45) is 0 Å². The molecule has 0 radical (unpaired) electrons. The Bertz CT molecular complexity index is 2720. The Morgan fingerprint density at radius 2 is 1.33 bits per heavy atom. The Morgan fingerprint density at radius 3 is 1.92 bits per heavy atom. The number of nitrogen functional groups attached to an aromatic ring is 1. The Balaban J connectivity index is 1.08. The summed E-state index contributed by atoms with van der Waals surface area (Å²) in [5.74, 6) is -0.0833. The second-order valence-corrected chi connectivity index (χ2v) is 17.7. The van der Waals surface area contributed by atoms with E-state index >= 15 is 0 Å². The number of nitrogens with zero attached hydrogens (tertiary/aromatic N) is 3. The summed E-state index contributed by atoms with van der Waals surface area (Å²) in [7, 11) is -10.2. The Hall–Kier alpha value is -4.46. The molecule has 25 nitrogen and oxygen atoms in total. The summed E-state index contributed by atoms with van der Waals surface area (Å²) in [5, 5.41) is 21.0.